The molecule has 0 spiro atoms. The molecule has 1 N–H and O–H groups in total. The van der Waals surface area contributed by atoms with E-state index in [4.69, 9.17) is 4.74 Å². The van der Waals surface area contributed by atoms with E-state index in [9.17, 15) is 17.6 Å². The molecule has 29 heavy (non-hydrogen) atoms. The Morgan fingerprint density at radius 1 is 1.17 bits per heavy atom. The van der Waals surface area contributed by atoms with Crippen molar-refractivity contribution in [3.05, 3.63) is 52.3 Å². The van der Waals surface area contributed by atoms with E-state index in [2.05, 4.69) is 21.2 Å². The number of carbonyl (C=O) groups is 1. The zero-order chi connectivity index (χ0) is 21.0. The molecule has 9 heteroatoms. The van der Waals surface area contributed by atoms with Crippen LogP contribution in [0, 0.1) is 12.7 Å². The van der Waals surface area contributed by atoms with E-state index in [1.165, 1.54) is 22.5 Å². The third-order valence-corrected chi connectivity index (χ3v) is 7.08. The molecular weight excluding hydrogens is 463 g/mol. The van der Waals surface area contributed by atoms with Crippen molar-refractivity contribution in [3.63, 3.8) is 0 Å². The SMILES string of the molecule is Cc1ccc(S(=O)(=O)N2CCCCC2)cc1NC(=O)COc1ccc(Br)cc1F. The zero-order valence-corrected chi connectivity index (χ0v) is 18.4. The molecule has 0 atom stereocenters. The van der Waals surface area contributed by atoms with Crippen molar-refractivity contribution in [3.8, 4) is 5.75 Å². The molecule has 2 aromatic rings. The highest BCUT2D eigenvalue weighted by molar-refractivity contribution is 9.10. The van der Waals surface area contributed by atoms with Gasteiger partial charge in [-0.2, -0.15) is 4.31 Å². The molecular formula is C20H22BrFN2O4S. The van der Waals surface area contributed by atoms with Crippen LogP contribution in [0.2, 0.25) is 0 Å². The molecule has 0 bridgehead atoms. The van der Waals surface area contributed by atoms with Gasteiger partial charge >= 0.3 is 0 Å². The Morgan fingerprint density at radius 2 is 1.90 bits per heavy atom. The van der Waals surface area contributed by atoms with Crippen molar-refractivity contribution >= 4 is 37.5 Å². The molecule has 1 aliphatic heterocycles. The summed E-state index contributed by atoms with van der Waals surface area (Å²) in [6.07, 6.45) is 2.72. The second-order valence-electron chi connectivity index (χ2n) is 6.85. The molecule has 1 amide bonds. The predicted octanol–water partition coefficient (Wildman–Crippen LogP) is 4.09. The molecule has 0 aliphatic carbocycles. The molecule has 0 saturated carbocycles. The van der Waals surface area contributed by atoms with E-state index in [0.29, 0.717) is 28.8 Å². The Bertz CT molecular complexity index is 1010. The van der Waals surface area contributed by atoms with Crippen LogP contribution in [0.4, 0.5) is 10.1 Å². The van der Waals surface area contributed by atoms with E-state index in [0.717, 1.165) is 19.3 Å². The monoisotopic (exact) mass is 484 g/mol. The Kier molecular flexibility index (Phi) is 6.92. The average molecular weight is 485 g/mol. The minimum absolute atomic E-state index is 0.0403. The summed E-state index contributed by atoms with van der Waals surface area (Å²) in [4.78, 5) is 12.4. The van der Waals surface area contributed by atoms with Gasteiger partial charge in [0.25, 0.3) is 5.91 Å². The fraction of sp³-hybridized carbons (Fsp3) is 0.350. The number of nitrogens with zero attached hydrogens (tertiary/aromatic N) is 1. The Balaban J connectivity index is 1.70. The van der Waals surface area contributed by atoms with E-state index >= 15 is 0 Å². The van der Waals surface area contributed by atoms with Crippen molar-refractivity contribution < 1.29 is 22.3 Å². The van der Waals surface area contributed by atoms with Crippen LogP contribution in [-0.4, -0.2) is 38.3 Å². The standard InChI is InChI=1S/C20H22BrFN2O4S/c1-14-5-7-16(29(26,27)24-9-3-2-4-10-24)12-18(14)23-20(25)13-28-19-8-6-15(21)11-17(19)22/h5-8,11-12H,2-4,9-10,13H2,1H3,(H,23,25). The summed E-state index contributed by atoms with van der Waals surface area (Å²) in [7, 11) is -3.61. The third-order valence-electron chi connectivity index (χ3n) is 4.69. The summed E-state index contributed by atoms with van der Waals surface area (Å²) in [5.41, 5.74) is 1.10. The van der Waals surface area contributed by atoms with Crippen LogP contribution in [0.5, 0.6) is 5.75 Å². The number of sulfonamides is 1. The maximum absolute atomic E-state index is 13.8. The van der Waals surface area contributed by atoms with Crippen LogP contribution >= 0.6 is 15.9 Å². The van der Waals surface area contributed by atoms with Crippen molar-refractivity contribution in [2.24, 2.45) is 0 Å². The topological polar surface area (TPSA) is 75.7 Å². The molecule has 2 aromatic carbocycles. The van der Waals surface area contributed by atoms with Crippen LogP contribution in [0.3, 0.4) is 0 Å². The fourth-order valence-corrected chi connectivity index (χ4v) is 4.95. The maximum atomic E-state index is 13.8. The van der Waals surface area contributed by atoms with Crippen molar-refractivity contribution in [2.75, 3.05) is 25.0 Å². The van der Waals surface area contributed by atoms with E-state index in [1.54, 1.807) is 25.1 Å². The Hall–Kier alpha value is -1.97. The second kappa shape index (κ2) is 9.23. The Labute approximate surface area is 178 Å². The number of aryl methyl sites for hydroxylation is 1. The highest BCUT2D eigenvalue weighted by atomic mass is 79.9. The number of amides is 1. The minimum atomic E-state index is -3.61. The smallest absolute Gasteiger partial charge is 0.262 e. The first-order valence-corrected chi connectivity index (χ1v) is 11.5. The molecule has 6 nitrogen and oxygen atoms in total. The summed E-state index contributed by atoms with van der Waals surface area (Å²) in [6.45, 7) is 2.37. The first-order chi connectivity index (χ1) is 13.8. The molecule has 0 aromatic heterocycles. The number of ether oxygens (including phenoxy) is 1. The van der Waals surface area contributed by atoms with Gasteiger partial charge in [-0.15, -0.1) is 0 Å². The van der Waals surface area contributed by atoms with Crippen LogP contribution in [0.15, 0.2) is 45.8 Å². The number of nitrogens with one attached hydrogen (secondary N) is 1. The summed E-state index contributed by atoms with van der Waals surface area (Å²) in [5.74, 6) is -1.14. The average Bonchev–Trinajstić information content (AvgIpc) is 2.69. The number of anilines is 1. The molecule has 1 heterocycles. The molecule has 156 valence electrons. The lowest BCUT2D eigenvalue weighted by molar-refractivity contribution is -0.118. The Morgan fingerprint density at radius 3 is 2.59 bits per heavy atom. The first kappa shape index (κ1) is 21.7. The maximum Gasteiger partial charge on any atom is 0.262 e. The molecule has 1 aliphatic rings. The summed E-state index contributed by atoms with van der Waals surface area (Å²) in [5, 5.41) is 2.65. The second-order valence-corrected chi connectivity index (χ2v) is 9.71. The third kappa shape index (κ3) is 5.34. The molecule has 1 saturated heterocycles. The van der Waals surface area contributed by atoms with Gasteiger partial charge in [0.05, 0.1) is 4.90 Å². The lowest BCUT2D eigenvalue weighted by Crippen LogP contribution is -2.35. The van der Waals surface area contributed by atoms with E-state index < -0.39 is 28.4 Å². The minimum Gasteiger partial charge on any atom is -0.481 e. The zero-order valence-electron chi connectivity index (χ0n) is 16.0. The predicted molar refractivity (Wildman–Crippen MR) is 112 cm³/mol. The van der Waals surface area contributed by atoms with Gasteiger partial charge < -0.3 is 10.1 Å². The van der Waals surface area contributed by atoms with Gasteiger partial charge in [0, 0.05) is 23.2 Å². The van der Waals surface area contributed by atoms with Gasteiger partial charge in [0.1, 0.15) is 0 Å². The van der Waals surface area contributed by atoms with Gasteiger partial charge in [-0.1, -0.05) is 28.4 Å². The summed E-state index contributed by atoms with van der Waals surface area (Å²) < 4.78 is 46.8. The number of halogens is 2. The number of piperidine rings is 1. The number of carbonyl (C=O) groups excluding carboxylic acids is 1. The number of rotatable bonds is 6. The fourth-order valence-electron chi connectivity index (χ4n) is 3.07. The quantitative estimate of drug-likeness (QED) is 0.669. The number of benzene rings is 2. The van der Waals surface area contributed by atoms with E-state index in [1.807, 2.05) is 0 Å². The van der Waals surface area contributed by atoms with Crippen LogP contribution in [0.25, 0.3) is 0 Å². The van der Waals surface area contributed by atoms with E-state index in [-0.39, 0.29) is 10.6 Å². The largest absolute Gasteiger partial charge is 0.481 e. The van der Waals surface area contributed by atoms with Crippen molar-refractivity contribution in [1.82, 2.24) is 4.31 Å². The van der Waals surface area contributed by atoms with Gasteiger partial charge in [-0.05, 0) is 55.7 Å². The van der Waals surface area contributed by atoms with Crippen LogP contribution in [-0.2, 0) is 14.8 Å². The molecule has 3 rings (SSSR count). The van der Waals surface area contributed by atoms with Crippen LogP contribution < -0.4 is 10.1 Å². The van der Waals surface area contributed by atoms with Gasteiger partial charge in [0.15, 0.2) is 18.2 Å². The lowest BCUT2D eigenvalue weighted by Gasteiger charge is -2.26. The lowest BCUT2D eigenvalue weighted by atomic mass is 10.2. The first-order valence-electron chi connectivity index (χ1n) is 9.26. The molecule has 1 fully saturated rings. The van der Waals surface area contributed by atoms with Crippen LogP contribution in [0.1, 0.15) is 24.8 Å². The summed E-state index contributed by atoms with van der Waals surface area (Å²) in [6, 6.07) is 8.92. The molecule has 0 radical (unpaired) electrons. The number of hydrogen-bond acceptors (Lipinski definition) is 4. The molecule has 0 unspecified atom stereocenters. The van der Waals surface area contributed by atoms with Crippen molar-refractivity contribution in [1.29, 1.82) is 0 Å². The van der Waals surface area contributed by atoms with Gasteiger partial charge in [-0.25, -0.2) is 12.8 Å². The highest BCUT2D eigenvalue weighted by Crippen LogP contribution is 2.25. The summed E-state index contributed by atoms with van der Waals surface area (Å²) >= 11 is 3.15. The van der Waals surface area contributed by atoms with Crippen molar-refractivity contribution in [2.45, 2.75) is 31.1 Å². The van der Waals surface area contributed by atoms with Gasteiger partial charge in [-0.3, -0.25) is 4.79 Å². The normalized spacial score (nSPS) is 15.1. The number of hydrogen-bond donors (Lipinski definition) is 1. The van der Waals surface area contributed by atoms with Gasteiger partial charge in [0.2, 0.25) is 10.0 Å². The highest BCUT2D eigenvalue weighted by Gasteiger charge is 2.26.